The van der Waals surface area contributed by atoms with E-state index in [4.69, 9.17) is 0 Å². The molecule has 2 atom stereocenters. The Labute approximate surface area is 168 Å². The number of nitrogens with zero attached hydrogens (tertiary/aromatic N) is 2. The van der Waals surface area contributed by atoms with Crippen molar-refractivity contribution in [3.8, 4) is 0 Å². The Morgan fingerprint density at radius 2 is 2.11 bits per heavy atom. The fraction of sp³-hybridized carbons (Fsp3) is 0.409. The first-order chi connectivity index (χ1) is 13.5. The molecule has 2 unspecified atom stereocenters. The van der Waals surface area contributed by atoms with Crippen LogP contribution < -0.4 is 10.9 Å². The van der Waals surface area contributed by atoms with E-state index in [2.05, 4.69) is 24.1 Å². The Kier molecular flexibility index (Phi) is 5.06. The van der Waals surface area contributed by atoms with Gasteiger partial charge < -0.3 is 5.32 Å². The fourth-order valence-corrected chi connectivity index (χ4v) is 5.16. The summed E-state index contributed by atoms with van der Waals surface area (Å²) in [5, 5.41) is 3.61. The predicted molar refractivity (Wildman–Crippen MR) is 114 cm³/mol. The number of amides is 1. The van der Waals surface area contributed by atoms with Gasteiger partial charge in [0.05, 0.1) is 11.7 Å². The molecule has 0 spiro atoms. The lowest BCUT2D eigenvalue weighted by atomic mass is 9.89. The largest absolute Gasteiger partial charge is 0.324 e. The van der Waals surface area contributed by atoms with Gasteiger partial charge in [0.2, 0.25) is 5.91 Å². The van der Waals surface area contributed by atoms with E-state index in [1.807, 2.05) is 24.3 Å². The zero-order valence-corrected chi connectivity index (χ0v) is 17.3. The number of thiophene rings is 1. The highest BCUT2D eigenvalue weighted by Gasteiger charge is 2.25. The molecule has 0 fully saturated rings. The average molecular weight is 396 g/mol. The maximum Gasteiger partial charge on any atom is 0.263 e. The summed E-state index contributed by atoms with van der Waals surface area (Å²) in [6, 6.07) is 7.15. The molecule has 146 valence electrons. The van der Waals surface area contributed by atoms with Crippen LogP contribution in [0, 0.1) is 5.92 Å². The minimum atomic E-state index is -0.631. The van der Waals surface area contributed by atoms with Gasteiger partial charge in [0.25, 0.3) is 5.56 Å². The zero-order valence-electron chi connectivity index (χ0n) is 16.5. The van der Waals surface area contributed by atoms with E-state index in [1.54, 1.807) is 18.3 Å². The Balaban J connectivity index is 1.63. The molecule has 0 aliphatic heterocycles. The minimum absolute atomic E-state index is 0.110. The first-order valence-electron chi connectivity index (χ1n) is 9.89. The molecule has 1 amide bonds. The van der Waals surface area contributed by atoms with Crippen LogP contribution >= 0.6 is 11.3 Å². The number of carbonyl (C=O) groups is 1. The predicted octanol–water partition coefficient (Wildman–Crippen LogP) is 4.34. The molecule has 2 aromatic heterocycles. The van der Waals surface area contributed by atoms with Crippen LogP contribution in [0.2, 0.25) is 0 Å². The van der Waals surface area contributed by atoms with Crippen LogP contribution in [0.4, 0.5) is 5.69 Å². The van der Waals surface area contributed by atoms with Gasteiger partial charge in [-0.05, 0) is 61.8 Å². The van der Waals surface area contributed by atoms with E-state index in [0.717, 1.165) is 41.8 Å². The van der Waals surface area contributed by atoms with Crippen molar-refractivity contribution < 1.29 is 4.79 Å². The Hall–Kier alpha value is -2.47. The molecule has 0 saturated carbocycles. The van der Waals surface area contributed by atoms with Crippen LogP contribution in [-0.2, 0) is 24.1 Å². The van der Waals surface area contributed by atoms with Crippen LogP contribution in [0.3, 0.4) is 0 Å². The van der Waals surface area contributed by atoms with Crippen LogP contribution in [0.15, 0.2) is 35.4 Å². The van der Waals surface area contributed by atoms with Gasteiger partial charge in [-0.1, -0.05) is 26.0 Å². The average Bonchev–Trinajstić information content (AvgIpc) is 3.06. The second-order valence-corrected chi connectivity index (χ2v) is 8.79. The van der Waals surface area contributed by atoms with Gasteiger partial charge in [0, 0.05) is 10.6 Å². The summed E-state index contributed by atoms with van der Waals surface area (Å²) < 4.78 is 1.46. The molecule has 5 nitrogen and oxygen atoms in total. The van der Waals surface area contributed by atoms with Crippen molar-refractivity contribution in [2.75, 3.05) is 5.32 Å². The first kappa shape index (κ1) is 18.9. The number of aryl methyl sites for hydroxylation is 2. The normalized spacial score (nSPS) is 17.3. The van der Waals surface area contributed by atoms with Crippen LogP contribution in [0.25, 0.3) is 10.2 Å². The highest BCUT2D eigenvalue weighted by Crippen LogP contribution is 2.35. The lowest BCUT2D eigenvalue weighted by molar-refractivity contribution is -0.118. The Morgan fingerprint density at radius 3 is 2.82 bits per heavy atom. The summed E-state index contributed by atoms with van der Waals surface area (Å²) in [6.45, 7) is 6.08. The van der Waals surface area contributed by atoms with Gasteiger partial charge in [-0.3, -0.25) is 14.2 Å². The molecule has 0 bridgehead atoms. The van der Waals surface area contributed by atoms with Crippen molar-refractivity contribution in [1.82, 2.24) is 9.55 Å². The number of carbonyl (C=O) groups excluding carboxylic acids is 1. The highest BCUT2D eigenvalue weighted by atomic mass is 32.1. The first-order valence-corrected chi connectivity index (χ1v) is 10.7. The molecular weight excluding hydrogens is 370 g/mol. The maximum atomic E-state index is 13.2. The second-order valence-electron chi connectivity index (χ2n) is 7.70. The van der Waals surface area contributed by atoms with Gasteiger partial charge in [-0.25, -0.2) is 4.98 Å². The lowest BCUT2D eigenvalue weighted by Gasteiger charge is -2.18. The molecule has 6 heteroatoms. The van der Waals surface area contributed by atoms with Gasteiger partial charge >= 0.3 is 0 Å². The van der Waals surface area contributed by atoms with E-state index >= 15 is 0 Å². The van der Waals surface area contributed by atoms with Crippen LogP contribution in [0.5, 0.6) is 0 Å². The molecule has 3 aromatic rings. The summed E-state index contributed by atoms with van der Waals surface area (Å²) in [4.78, 5) is 32.5. The third kappa shape index (κ3) is 3.37. The van der Waals surface area contributed by atoms with E-state index in [1.165, 1.54) is 21.3 Å². The molecule has 2 heterocycles. The Morgan fingerprint density at radius 1 is 1.36 bits per heavy atom. The molecule has 1 aliphatic rings. The zero-order chi connectivity index (χ0) is 19.8. The monoisotopic (exact) mass is 395 g/mol. The van der Waals surface area contributed by atoms with E-state index < -0.39 is 6.04 Å². The molecule has 4 rings (SSSR count). The summed E-state index contributed by atoms with van der Waals surface area (Å²) in [5.74, 6) is 0.428. The van der Waals surface area contributed by atoms with Crippen molar-refractivity contribution in [2.45, 2.75) is 52.5 Å². The third-order valence-corrected chi connectivity index (χ3v) is 6.83. The summed E-state index contributed by atoms with van der Waals surface area (Å²) >= 11 is 1.63. The molecule has 1 N–H and O–H groups in total. The number of anilines is 1. The van der Waals surface area contributed by atoms with Crippen molar-refractivity contribution in [3.05, 3.63) is 57.0 Å². The van der Waals surface area contributed by atoms with Crippen molar-refractivity contribution in [1.29, 1.82) is 0 Å². The Bertz CT molecular complexity index is 1080. The fourth-order valence-electron chi connectivity index (χ4n) is 3.82. The molecule has 1 aliphatic carbocycles. The SMILES string of the molecule is CCc1ccc(NC(=O)C(C)n2cnc3sc4c(c3c2=O)CCC(C)C4)cc1. The number of hydrogen-bond acceptors (Lipinski definition) is 4. The second kappa shape index (κ2) is 7.51. The summed E-state index contributed by atoms with van der Waals surface area (Å²) in [6.07, 6.45) is 5.49. The van der Waals surface area contributed by atoms with Gasteiger partial charge in [0.1, 0.15) is 10.9 Å². The number of nitrogens with one attached hydrogen (secondary N) is 1. The van der Waals surface area contributed by atoms with Gasteiger partial charge in [-0.2, -0.15) is 0 Å². The molecular formula is C22H25N3O2S. The van der Waals surface area contributed by atoms with Gasteiger partial charge in [-0.15, -0.1) is 11.3 Å². The van der Waals surface area contributed by atoms with Crippen molar-refractivity contribution in [3.63, 3.8) is 0 Å². The highest BCUT2D eigenvalue weighted by molar-refractivity contribution is 7.18. The molecule has 28 heavy (non-hydrogen) atoms. The molecule has 0 saturated heterocycles. The standard InChI is InChI=1S/C22H25N3O2S/c1-4-15-6-8-16(9-7-15)24-20(26)14(3)25-12-23-21-19(22(25)27)17-10-5-13(2)11-18(17)28-21/h6-9,12-14H,4-5,10-11H2,1-3H3,(H,24,26). The van der Waals surface area contributed by atoms with Crippen molar-refractivity contribution >= 4 is 33.1 Å². The maximum absolute atomic E-state index is 13.2. The van der Waals surface area contributed by atoms with Crippen LogP contribution in [0.1, 0.15) is 49.2 Å². The van der Waals surface area contributed by atoms with Gasteiger partial charge in [0.15, 0.2) is 0 Å². The number of hydrogen-bond donors (Lipinski definition) is 1. The third-order valence-electron chi connectivity index (χ3n) is 5.67. The number of rotatable bonds is 4. The summed E-state index contributed by atoms with van der Waals surface area (Å²) in [7, 11) is 0. The topological polar surface area (TPSA) is 64.0 Å². The van der Waals surface area contributed by atoms with E-state index in [0.29, 0.717) is 11.3 Å². The smallest absolute Gasteiger partial charge is 0.263 e. The van der Waals surface area contributed by atoms with E-state index in [-0.39, 0.29) is 11.5 Å². The quantitative estimate of drug-likeness (QED) is 0.714. The molecule has 1 aromatic carbocycles. The summed E-state index contributed by atoms with van der Waals surface area (Å²) in [5.41, 5.74) is 2.99. The molecule has 0 radical (unpaired) electrons. The van der Waals surface area contributed by atoms with E-state index in [9.17, 15) is 9.59 Å². The minimum Gasteiger partial charge on any atom is -0.324 e. The van der Waals surface area contributed by atoms with Crippen molar-refractivity contribution in [2.24, 2.45) is 5.92 Å². The number of benzene rings is 1. The van der Waals surface area contributed by atoms with Crippen LogP contribution in [-0.4, -0.2) is 15.5 Å². The number of fused-ring (bicyclic) bond motifs is 3. The lowest BCUT2D eigenvalue weighted by Crippen LogP contribution is -2.32. The number of aromatic nitrogens is 2.